The van der Waals surface area contributed by atoms with E-state index in [0.29, 0.717) is 6.04 Å². The average Bonchev–Trinajstić information content (AvgIpc) is 3.36. The third kappa shape index (κ3) is 3.53. The summed E-state index contributed by atoms with van der Waals surface area (Å²) in [4.78, 5) is 0. The summed E-state index contributed by atoms with van der Waals surface area (Å²) in [6.45, 7) is 9.48. The molecule has 2 heterocycles. The van der Waals surface area contributed by atoms with Crippen LogP contribution in [0.15, 0.2) is 22.6 Å². The van der Waals surface area contributed by atoms with Crippen LogP contribution < -0.4 is 5.32 Å². The molecule has 27 heavy (non-hydrogen) atoms. The number of nitrogens with zero attached hydrogens (tertiary/aromatic N) is 2. The fourth-order valence-electron chi connectivity index (χ4n) is 4.02. The Bertz CT molecular complexity index is 968. The summed E-state index contributed by atoms with van der Waals surface area (Å²) in [6.07, 6.45) is 4.80. The molecule has 0 bridgehead atoms. The molecule has 1 aliphatic carbocycles. The van der Waals surface area contributed by atoms with Crippen molar-refractivity contribution in [3.63, 3.8) is 0 Å². The van der Waals surface area contributed by atoms with Gasteiger partial charge in [-0.3, -0.25) is 0 Å². The smallest absolute Gasteiger partial charge is 0.225 e. The number of aryl methyl sites for hydroxylation is 3. The van der Waals surface area contributed by atoms with Crippen molar-refractivity contribution in [2.24, 2.45) is 5.92 Å². The van der Waals surface area contributed by atoms with E-state index in [1.807, 2.05) is 23.6 Å². The first-order valence-corrected chi connectivity index (χ1v) is 10.3. The highest BCUT2D eigenvalue weighted by molar-refractivity contribution is 6.30. The minimum Gasteiger partial charge on any atom is -0.441 e. The standard InChI is InChI=1S/C22H28ClN3O/c1-5-10-24-20(16-6-7-16)12-19-14(3)25-26-21(15(4)27-22(19)26)18-9-8-17(23)11-13(18)2/h8-9,11,16,20,24H,5-7,10,12H2,1-4H3. The zero-order valence-corrected chi connectivity index (χ0v) is 17.4. The molecule has 2 aromatic heterocycles. The fraction of sp³-hybridized carbons (Fsp3) is 0.500. The highest BCUT2D eigenvalue weighted by Gasteiger charge is 2.33. The number of hydrogen-bond donors (Lipinski definition) is 1. The van der Waals surface area contributed by atoms with Crippen molar-refractivity contribution < 1.29 is 4.42 Å². The third-order valence-corrected chi connectivity index (χ3v) is 5.88. The van der Waals surface area contributed by atoms with Crippen LogP contribution in [0.2, 0.25) is 5.02 Å². The molecule has 5 heteroatoms. The molecule has 3 aromatic rings. The summed E-state index contributed by atoms with van der Waals surface area (Å²) in [6, 6.07) is 6.49. The van der Waals surface area contributed by atoms with Gasteiger partial charge in [-0.05, 0) is 76.6 Å². The molecule has 0 saturated heterocycles. The normalized spacial score (nSPS) is 15.6. The molecule has 0 aliphatic heterocycles. The van der Waals surface area contributed by atoms with E-state index in [1.165, 1.54) is 18.4 Å². The van der Waals surface area contributed by atoms with Gasteiger partial charge in [0.25, 0.3) is 0 Å². The molecule has 4 rings (SSSR count). The molecule has 1 fully saturated rings. The topological polar surface area (TPSA) is 42.5 Å². The van der Waals surface area contributed by atoms with Crippen LogP contribution in [0.4, 0.5) is 0 Å². The first-order chi connectivity index (χ1) is 13.0. The second-order valence-corrected chi connectivity index (χ2v) is 8.29. The van der Waals surface area contributed by atoms with Gasteiger partial charge >= 0.3 is 0 Å². The van der Waals surface area contributed by atoms with Gasteiger partial charge in [0.15, 0.2) is 0 Å². The molecule has 0 amide bonds. The van der Waals surface area contributed by atoms with Gasteiger partial charge in [0, 0.05) is 22.2 Å². The van der Waals surface area contributed by atoms with Gasteiger partial charge in [0.1, 0.15) is 11.5 Å². The number of benzene rings is 1. The van der Waals surface area contributed by atoms with Crippen LogP contribution in [-0.4, -0.2) is 22.2 Å². The van der Waals surface area contributed by atoms with Crippen LogP contribution in [-0.2, 0) is 6.42 Å². The zero-order chi connectivity index (χ0) is 19.1. The summed E-state index contributed by atoms with van der Waals surface area (Å²) < 4.78 is 8.22. The van der Waals surface area contributed by atoms with E-state index in [-0.39, 0.29) is 0 Å². The van der Waals surface area contributed by atoms with Gasteiger partial charge in [0.05, 0.1) is 5.69 Å². The molecule has 1 saturated carbocycles. The third-order valence-electron chi connectivity index (χ3n) is 5.65. The van der Waals surface area contributed by atoms with Crippen LogP contribution in [0.1, 0.15) is 48.8 Å². The Kier molecular flexibility index (Phi) is 5.04. The second-order valence-electron chi connectivity index (χ2n) is 7.85. The van der Waals surface area contributed by atoms with Crippen LogP contribution >= 0.6 is 11.6 Å². The SMILES string of the molecule is CCCNC(Cc1c(C)nn2c(-c3ccc(Cl)cc3C)c(C)oc12)C1CC1. The number of halogens is 1. The lowest BCUT2D eigenvalue weighted by molar-refractivity contribution is 0.457. The maximum Gasteiger partial charge on any atom is 0.225 e. The highest BCUT2D eigenvalue weighted by atomic mass is 35.5. The first-order valence-electron chi connectivity index (χ1n) is 9.97. The monoisotopic (exact) mass is 385 g/mol. The summed E-state index contributed by atoms with van der Waals surface area (Å²) in [7, 11) is 0. The number of fused-ring (bicyclic) bond motifs is 1. The van der Waals surface area contributed by atoms with E-state index < -0.39 is 0 Å². The van der Waals surface area contributed by atoms with E-state index >= 15 is 0 Å². The fourth-order valence-corrected chi connectivity index (χ4v) is 4.25. The average molecular weight is 386 g/mol. The van der Waals surface area contributed by atoms with Crippen molar-refractivity contribution in [2.45, 2.75) is 59.4 Å². The van der Waals surface area contributed by atoms with Gasteiger partial charge in [-0.2, -0.15) is 9.61 Å². The minimum absolute atomic E-state index is 0.516. The van der Waals surface area contributed by atoms with Crippen LogP contribution in [0.5, 0.6) is 0 Å². The lowest BCUT2D eigenvalue weighted by Gasteiger charge is -2.17. The lowest BCUT2D eigenvalue weighted by Crippen LogP contribution is -2.33. The highest BCUT2D eigenvalue weighted by Crippen LogP contribution is 2.37. The lowest BCUT2D eigenvalue weighted by atomic mass is 10.0. The molecule has 1 unspecified atom stereocenters. The molecule has 1 aromatic carbocycles. The largest absolute Gasteiger partial charge is 0.441 e. The zero-order valence-electron chi connectivity index (χ0n) is 16.6. The van der Waals surface area contributed by atoms with Crippen molar-refractivity contribution >= 4 is 17.3 Å². The Hall–Kier alpha value is -1.78. The summed E-state index contributed by atoms with van der Waals surface area (Å²) >= 11 is 6.15. The molecule has 0 spiro atoms. The Labute approximate surface area is 165 Å². The molecule has 0 radical (unpaired) electrons. The van der Waals surface area contributed by atoms with Gasteiger partial charge in [-0.15, -0.1) is 0 Å². The van der Waals surface area contributed by atoms with E-state index in [1.54, 1.807) is 0 Å². The maximum atomic E-state index is 6.24. The molecule has 4 nitrogen and oxygen atoms in total. The van der Waals surface area contributed by atoms with Crippen molar-refractivity contribution in [1.82, 2.24) is 14.9 Å². The number of aromatic nitrogens is 2. The van der Waals surface area contributed by atoms with Gasteiger partial charge in [-0.25, -0.2) is 0 Å². The Morgan fingerprint density at radius 3 is 2.74 bits per heavy atom. The van der Waals surface area contributed by atoms with E-state index in [9.17, 15) is 0 Å². The quantitative estimate of drug-likeness (QED) is 0.584. The van der Waals surface area contributed by atoms with Crippen molar-refractivity contribution in [1.29, 1.82) is 0 Å². The second kappa shape index (κ2) is 7.33. The summed E-state index contributed by atoms with van der Waals surface area (Å²) in [5, 5.41) is 9.34. The van der Waals surface area contributed by atoms with Gasteiger partial charge in [-0.1, -0.05) is 24.6 Å². The van der Waals surface area contributed by atoms with Crippen molar-refractivity contribution in [2.75, 3.05) is 6.54 Å². The minimum atomic E-state index is 0.516. The number of nitrogens with one attached hydrogen (secondary N) is 1. The number of rotatable bonds is 7. The predicted octanol–water partition coefficient (Wildman–Crippen LogP) is 5.49. The number of oxazole rings is 1. The van der Waals surface area contributed by atoms with Crippen molar-refractivity contribution in [3.8, 4) is 11.3 Å². The van der Waals surface area contributed by atoms with Gasteiger partial charge < -0.3 is 9.73 Å². The van der Waals surface area contributed by atoms with Crippen LogP contribution in [0.3, 0.4) is 0 Å². The number of hydrogen-bond acceptors (Lipinski definition) is 3. The Morgan fingerprint density at radius 1 is 1.30 bits per heavy atom. The van der Waals surface area contributed by atoms with Crippen LogP contribution in [0.25, 0.3) is 17.0 Å². The molecule has 1 N–H and O–H groups in total. The summed E-state index contributed by atoms with van der Waals surface area (Å²) in [5.74, 6) is 1.69. The summed E-state index contributed by atoms with van der Waals surface area (Å²) in [5.41, 5.74) is 6.45. The Balaban J connectivity index is 1.75. The molecule has 144 valence electrons. The molecular formula is C22H28ClN3O. The van der Waals surface area contributed by atoms with Gasteiger partial charge in [0.2, 0.25) is 5.71 Å². The molecule has 1 atom stereocenters. The molecular weight excluding hydrogens is 358 g/mol. The first kappa shape index (κ1) is 18.6. The Morgan fingerprint density at radius 2 is 2.07 bits per heavy atom. The predicted molar refractivity (Wildman–Crippen MR) is 111 cm³/mol. The van der Waals surface area contributed by atoms with E-state index in [4.69, 9.17) is 21.1 Å². The van der Waals surface area contributed by atoms with Crippen molar-refractivity contribution in [3.05, 3.63) is 45.8 Å². The maximum absolute atomic E-state index is 6.24. The van der Waals surface area contributed by atoms with Crippen LogP contribution in [0, 0.1) is 26.7 Å². The molecule has 1 aliphatic rings. The van der Waals surface area contributed by atoms with E-state index in [2.05, 4.69) is 32.2 Å². The van der Waals surface area contributed by atoms with E-state index in [0.717, 1.165) is 64.3 Å².